The predicted octanol–water partition coefficient (Wildman–Crippen LogP) is 1.52. The minimum absolute atomic E-state index is 0.503. The molecule has 0 unspecified atom stereocenters. The third-order valence-electron chi connectivity index (χ3n) is 3.32. The summed E-state index contributed by atoms with van der Waals surface area (Å²) >= 11 is 0. The molecule has 0 aromatic heterocycles. The summed E-state index contributed by atoms with van der Waals surface area (Å²) < 4.78 is 37.1. The lowest BCUT2D eigenvalue weighted by atomic mass is 9.98. The minimum Gasteiger partial charge on any atom is -0.347 e. The Morgan fingerprint density at radius 2 is 1.89 bits per heavy atom. The standard InChI is InChI=1S/C12H21NO4S/c1-11(2,3)18(14,15)13-10-4-6-12(7-5-10)16-8-9-17-12/h4,13H,5-9H2,1-3H3. The maximum Gasteiger partial charge on any atom is 0.237 e. The van der Waals surface area contributed by atoms with Crippen molar-refractivity contribution in [2.45, 2.75) is 50.6 Å². The van der Waals surface area contributed by atoms with Crippen molar-refractivity contribution in [3.05, 3.63) is 11.8 Å². The van der Waals surface area contributed by atoms with E-state index in [9.17, 15) is 8.42 Å². The van der Waals surface area contributed by atoms with Crippen LogP contribution in [0.5, 0.6) is 0 Å². The van der Waals surface area contributed by atoms with Gasteiger partial charge in [-0.05, 0) is 27.2 Å². The Balaban J connectivity index is 2.03. The van der Waals surface area contributed by atoms with Crippen molar-refractivity contribution in [2.75, 3.05) is 13.2 Å². The maximum absolute atomic E-state index is 12.0. The molecule has 1 spiro atoms. The van der Waals surface area contributed by atoms with E-state index in [4.69, 9.17) is 9.47 Å². The Morgan fingerprint density at radius 1 is 1.28 bits per heavy atom. The van der Waals surface area contributed by atoms with E-state index in [-0.39, 0.29) is 0 Å². The topological polar surface area (TPSA) is 64.6 Å². The van der Waals surface area contributed by atoms with Crippen LogP contribution in [0.1, 0.15) is 40.0 Å². The quantitative estimate of drug-likeness (QED) is 0.830. The Labute approximate surface area is 109 Å². The van der Waals surface area contributed by atoms with Crippen molar-refractivity contribution in [2.24, 2.45) is 0 Å². The Bertz CT molecular complexity index is 441. The molecule has 1 heterocycles. The molecule has 0 amide bonds. The molecule has 6 heteroatoms. The monoisotopic (exact) mass is 275 g/mol. The van der Waals surface area contributed by atoms with Crippen molar-refractivity contribution in [1.29, 1.82) is 0 Å². The van der Waals surface area contributed by atoms with Gasteiger partial charge >= 0.3 is 0 Å². The van der Waals surface area contributed by atoms with Crippen molar-refractivity contribution < 1.29 is 17.9 Å². The normalized spacial score (nSPS) is 24.1. The highest BCUT2D eigenvalue weighted by atomic mass is 32.2. The first-order valence-corrected chi connectivity index (χ1v) is 7.72. The summed E-state index contributed by atoms with van der Waals surface area (Å²) in [5, 5.41) is 0. The Hall–Kier alpha value is -0.590. The summed E-state index contributed by atoms with van der Waals surface area (Å²) in [5.41, 5.74) is 0.745. The zero-order valence-corrected chi connectivity index (χ0v) is 12.0. The van der Waals surface area contributed by atoms with Gasteiger partial charge in [0.1, 0.15) is 0 Å². The summed E-state index contributed by atoms with van der Waals surface area (Å²) in [7, 11) is -3.33. The average Bonchev–Trinajstić information content (AvgIpc) is 2.69. The molecule has 1 fully saturated rings. The van der Waals surface area contributed by atoms with Crippen LogP contribution in [-0.4, -0.2) is 32.2 Å². The van der Waals surface area contributed by atoms with Crippen molar-refractivity contribution >= 4 is 10.0 Å². The molecule has 5 nitrogen and oxygen atoms in total. The fourth-order valence-electron chi connectivity index (χ4n) is 1.99. The number of ether oxygens (including phenoxy) is 2. The van der Waals surface area contributed by atoms with Gasteiger partial charge in [-0.25, -0.2) is 8.42 Å². The number of allylic oxidation sites excluding steroid dienone is 1. The molecule has 0 atom stereocenters. The Morgan fingerprint density at radius 3 is 2.33 bits per heavy atom. The lowest BCUT2D eigenvalue weighted by molar-refractivity contribution is -0.161. The molecule has 0 aromatic rings. The largest absolute Gasteiger partial charge is 0.347 e. The average molecular weight is 275 g/mol. The summed E-state index contributed by atoms with van der Waals surface area (Å²) in [4.78, 5) is 0. The van der Waals surface area contributed by atoms with Crippen LogP contribution in [0.25, 0.3) is 0 Å². The lowest BCUT2D eigenvalue weighted by Gasteiger charge is -2.31. The zero-order chi connectivity index (χ0) is 13.4. The first-order valence-electron chi connectivity index (χ1n) is 6.23. The van der Waals surface area contributed by atoms with Crippen LogP contribution in [0.4, 0.5) is 0 Å². The molecule has 2 rings (SSSR count). The minimum atomic E-state index is -3.33. The molecule has 0 aromatic carbocycles. The Kier molecular flexibility index (Phi) is 3.46. The van der Waals surface area contributed by atoms with Gasteiger partial charge in [-0.15, -0.1) is 0 Å². The van der Waals surface area contributed by atoms with Gasteiger partial charge < -0.3 is 9.47 Å². The van der Waals surface area contributed by atoms with Gasteiger partial charge in [0.15, 0.2) is 5.79 Å². The number of rotatable bonds is 2. The van der Waals surface area contributed by atoms with E-state index in [1.807, 2.05) is 6.08 Å². The van der Waals surface area contributed by atoms with Crippen LogP contribution < -0.4 is 4.72 Å². The third-order valence-corrected chi connectivity index (χ3v) is 5.46. The fraction of sp³-hybridized carbons (Fsp3) is 0.833. The van der Waals surface area contributed by atoms with E-state index in [1.165, 1.54) is 0 Å². The second-order valence-corrected chi connectivity index (χ2v) is 8.19. The second-order valence-electron chi connectivity index (χ2n) is 5.76. The molecule has 18 heavy (non-hydrogen) atoms. The molecule has 104 valence electrons. The number of hydrogen-bond donors (Lipinski definition) is 1. The van der Waals surface area contributed by atoms with E-state index >= 15 is 0 Å². The van der Waals surface area contributed by atoms with Gasteiger partial charge in [0.05, 0.1) is 18.0 Å². The summed E-state index contributed by atoms with van der Waals surface area (Å²) in [6.45, 7) is 6.30. The SMILES string of the molecule is CC(C)(C)S(=O)(=O)NC1=CCC2(CC1)OCCO2. The molecular weight excluding hydrogens is 254 g/mol. The molecule has 0 bridgehead atoms. The van der Waals surface area contributed by atoms with Crippen LogP contribution in [0.2, 0.25) is 0 Å². The number of sulfonamides is 1. The van der Waals surface area contributed by atoms with E-state index in [1.54, 1.807) is 20.8 Å². The van der Waals surface area contributed by atoms with Crippen LogP contribution in [0.15, 0.2) is 11.8 Å². The highest BCUT2D eigenvalue weighted by molar-refractivity contribution is 7.90. The van der Waals surface area contributed by atoms with Gasteiger partial charge in [-0.2, -0.15) is 0 Å². The first kappa shape index (κ1) is 13.8. The van der Waals surface area contributed by atoms with Gasteiger partial charge in [-0.1, -0.05) is 6.08 Å². The van der Waals surface area contributed by atoms with E-state index in [0.717, 1.165) is 5.70 Å². The van der Waals surface area contributed by atoms with Crippen LogP contribution in [0, 0.1) is 0 Å². The molecule has 1 aliphatic carbocycles. The number of hydrogen-bond acceptors (Lipinski definition) is 4. The summed E-state index contributed by atoms with van der Waals surface area (Å²) in [6.07, 6.45) is 3.81. The van der Waals surface area contributed by atoms with Gasteiger partial charge in [0, 0.05) is 18.5 Å². The summed E-state index contributed by atoms with van der Waals surface area (Å²) in [5.74, 6) is -0.503. The highest BCUT2D eigenvalue weighted by Gasteiger charge is 2.39. The zero-order valence-electron chi connectivity index (χ0n) is 11.2. The second kappa shape index (κ2) is 4.51. The van der Waals surface area contributed by atoms with Crippen LogP contribution in [0.3, 0.4) is 0 Å². The smallest absolute Gasteiger partial charge is 0.237 e. The van der Waals surface area contributed by atoms with E-state index < -0.39 is 20.6 Å². The molecule has 1 N–H and O–H groups in total. The highest BCUT2D eigenvalue weighted by Crippen LogP contribution is 2.34. The predicted molar refractivity (Wildman–Crippen MR) is 68.4 cm³/mol. The van der Waals surface area contributed by atoms with Crippen LogP contribution >= 0.6 is 0 Å². The molecule has 0 radical (unpaired) electrons. The van der Waals surface area contributed by atoms with Gasteiger partial charge in [0.25, 0.3) is 0 Å². The fourth-order valence-corrected chi connectivity index (χ4v) is 2.82. The third kappa shape index (κ3) is 2.70. The molecular formula is C12H21NO4S. The lowest BCUT2D eigenvalue weighted by Crippen LogP contribution is -2.41. The van der Waals surface area contributed by atoms with Crippen LogP contribution in [-0.2, 0) is 19.5 Å². The van der Waals surface area contributed by atoms with Gasteiger partial charge in [0.2, 0.25) is 10.0 Å². The summed E-state index contributed by atoms with van der Waals surface area (Å²) in [6, 6.07) is 0. The first-order chi connectivity index (χ1) is 8.24. The van der Waals surface area contributed by atoms with Crippen molar-refractivity contribution in [3.63, 3.8) is 0 Å². The molecule has 1 saturated heterocycles. The van der Waals surface area contributed by atoms with Crippen molar-refractivity contribution in [3.8, 4) is 0 Å². The van der Waals surface area contributed by atoms with Gasteiger partial charge in [-0.3, -0.25) is 4.72 Å². The number of nitrogens with one attached hydrogen (secondary N) is 1. The molecule has 0 saturated carbocycles. The maximum atomic E-state index is 12.0. The molecule has 1 aliphatic heterocycles. The van der Waals surface area contributed by atoms with Crippen molar-refractivity contribution in [1.82, 2.24) is 4.72 Å². The van der Waals surface area contributed by atoms with E-state index in [0.29, 0.717) is 32.5 Å². The molecule has 2 aliphatic rings. The van der Waals surface area contributed by atoms with E-state index in [2.05, 4.69) is 4.72 Å².